The molecule has 0 N–H and O–H groups in total. The maximum atomic E-state index is 13.9. The highest BCUT2D eigenvalue weighted by atomic mass is 19.1. The van der Waals surface area contributed by atoms with E-state index in [-0.39, 0.29) is 28.7 Å². The van der Waals surface area contributed by atoms with Crippen molar-refractivity contribution in [1.82, 2.24) is 0 Å². The minimum absolute atomic E-state index is 0.0991. The molecule has 0 saturated heterocycles. The number of aliphatic imine (C=N–C) groups is 1. The third kappa shape index (κ3) is 4.96. The van der Waals surface area contributed by atoms with Gasteiger partial charge < -0.3 is 18.9 Å². The third-order valence-corrected chi connectivity index (χ3v) is 4.82. The fraction of sp³-hybridized carbons (Fsp3) is 0.115. The average Bonchev–Trinajstić information content (AvgIpc) is 3.21. The summed E-state index contributed by atoms with van der Waals surface area (Å²) in [6, 6.07) is 17.2. The van der Waals surface area contributed by atoms with Crippen molar-refractivity contribution in [2.75, 3.05) is 13.7 Å². The van der Waals surface area contributed by atoms with E-state index in [4.69, 9.17) is 18.9 Å². The van der Waals surface area contributed by atoms with E-state index in [2.05, 4.69) is 4.99 Å². The lowest BCUT2D eigenvalue weighted by atomic mass is 10.1. The van der Waals surface area contributed by atoms with Crippen molar-refractivity contribution >= 4 is 23.9 Å². The zero-order chi connectivity index (χ0) is 24.1. The van der Waals surface area contributed by atoms with E-state index in [1.54, 1.807) is 36.4 Å². The monoisotopic (exact) mass is 461 g/mol. The van der Waals surface area contributed by atoms with Gasteiger partial charge in [0.2, 0.25) is 5.90 Å². The van der Waals surface area contributed by atoms with E-state index in [1.165, 1.54) is 43.5 Å². The minimum Gasteiger partial charge on any atom is -0.494 e. The van der Waals surface area contributed by atoms with Gasteiger partial charge in [-0.15, -0.1) is 0 Å². The highest BCUT2D eigenvalue weighted by molar-refractivity contribution is 6.12. The molecule has 172 valence electrons. The van der Waals surface area contributed by atoms with Crippen LogP contribution >= 0.6 is 0 Å². The van der Waals surface area contributed by atoms with Crippen molar-refractivity contribution in [1.29, 1.82) is 0 Å². The van der Waals surface area contributed by atoms with Crippen LogP contribution in [0.5, 0.6) is 17.2 Å². The molecule has 1 heterocycles. The standard InChI is InChI=1S/C26H20FNO6/c1-3-32-18-11-9-17(10-12-18)24-28-21(26(30)34-24)14-16-8-13-22(23(15-16)31-2)33-25(29)19-6-4-5-7-20(19)27/h4-15H,3H2,1-2H3/b21-14-. The molecule has 0 amide bonds. The molecule has 0 atom stereocenters. The molecule has 3 aromatic carbocycles. The molecule has 7 nitrogen and oxygen atoms in total. The molecule has 8 heteroatoms. The lowest BCUT2D eigenvalue weighted by molar-refractivity contribution is -0.129. The van der Waals surface area contributed by atoms with Crippen LogP contribution in [0.15, 0.2) is 77.4 Å². The summed E-state index contributed by atoms with van der Waals surface area (Å²) in [5, 5.41) is 0. The van der Waals surface area contributed by atoms with Crippen molar-refractivity contribution in [3.05, 3.63) is 94.9 Å². The molecular formula is C26H20FNO6. The van der Waals surface area contributed by atoms with Crippen LogP contribution in [0.1, 0.15) is 28.4 Å². The predicted molar refractivity (Wildman–Crippen MR) is 123 cm³/mol. The van der Waals surface area contributed by atoms with Crippen molar-refractivity contribution in [2.24, 2.45) is 4.99 Å². The molecule has 34 heavy (non-hydrogen) atoms. The number of nitrogens with zero attached hydrogens (tertiary/aromatic N) is 1. The van der Waals surface area contributed by atoms with Crippen molar-refractivity contribution in [3.63, 3.8) is 0 Å². The van der Waals surface area contributed by atoms with Crippen molar-refractivity contribution in [3.8, 4) is 17.2 Å². The second kappa shape index (κ2) is 9.99. The Morgan fingerprint density at radius 3 is 2.53 bits per heavy atom. The van der Waals surface area contributed by atoms with Crippen LogP contribution in [-0.2, 0) is 9.53 Å². The van der Waals surface area contributed by atoms with E-state index in [0.717, 1.165) is 0 Å². The Morgan fingerprint density at radius 1 is 1.06 bits per heavy atom. The Morgan fingerprint density at radius 2 is 1.82 bits per heavy atom. The number of carbonyl (C=O) groups excluding carboxylic acids is 2. The lowest BCUT2D eigenvalue weighted by Crippen LogP contribution is -2.11. The largest absolute Gasteiger partial charge is 0.494 e. The number of carbonyl (C=O) groups is 2. The van der Waals surface area contributed by atoms with Crippen LogP contribution in [0.2, 0.25) is 0 Å². The number of rotatable bonds is 7. The second-order valence-electron chi connectivity index (χ2n) is 7.07. The Kier molecular flexibility index (Phi) is 6.68. The number of hydrogen-bond donors (Lipinski definition) is 0. The Balaban J connectivity index is 1.55. The Labute approximate surface area is 195 Å². The Bertz CT molecular complexity index is 1300. The van der Waals surface area contributed by atoms with Gasteiger partial charge in [0.25, 0.3) is 0 Å². The van der Waals surface area contributed by atoms with Crippen LogP contribution < -0.4 is 14.2 Å². The smallest absolute Gasteiger partial charge is 0.363 e. The molecule has 0 unspecified atom stereocenters. The van der Waals surface area contributed by atoms with Gasteiger partial charge in [0.15, 0.2) is 17.2 Å². The number of esters is 2. The number of benzene rings is 3. The molecule has 1 aliphatic rings. The van der Waals surface area contributed by atoms with E-state index >= 15 is 0 Å². The number of halogens is 1. The average molecular weight is 461 g/mol. The van der Waals surface area contributed by atoms with Crippen LogP contribution in [0.25, 0.3) is 6.08 Å². The molecule has 0 saturated carbocycles. The van der Waals surface area contributed by atoms with Gasteiger partial charge in [-0.3, -0.25) is 0 Å². The minimum atomic E-state index is -0.855. The number of methoxy groups -OCH3 is 1. The zero-order valence-corrected chi connectivity index (χ0v) is 18.4. The molecule has 1 aliphatic heterocycles. The highest BCUT2D eigenvalue weighted by Crippen LogP contribution is 2.31. The van der Waals surface area contributed by atoms with E-state index in [0.29, 0.717) is 23.5 Å². The maximum absolute atomic E-state index is 13.9. The molecule has 0 aliphatic carbocycles. The predicted octanol–water partition coefficient (Wildman–Crippen LogP) is 4.80. The fourth-order valence-corrected chi connectivity index (χ4v) is 3.19. The van der Waals surface area contributed by atoms with Gasteiger partial charge >= 0.3 is 11.9 Å². The molecular weight excluding hydrogens is 441 g/mol. The first-order valence-corrected chi connectivity index (χ1v) is 10.4. The van der Waals surface area contributed by atoms with Crippen LogP contribution in [0.3, 0.4) is 0 Å². The van der Waals surface area contributed by atoms with E-state index in [9.17, 15) is 14.0 Å². The highest BCUT2D eigenvalue weighted by Gasteiger charge is 2.24. The molecule has 0 bridgehead atoms. The summed E-state index contributed by atoms with van der Waals surface area (Å²) < 4.78 is 35.2. The van der Waals surface area contributed by atoms with Gasteiger partial charge in [-0.05, 0) is 67.1 Å². The quantitative estimate of drug-likeness (QED) is 0.286. The molecule has 0 spiro atoms. The number of ether oxygens (including phenoxy) is 4. The van der Waals surface area contributed by atoms with Gasteiger partial charge in [-0.1, -0.05) is 18.2 Å². The topological polar surface area (TPSA) is 83.4 Å². The van der Waals surface area contributed by atoms with Gasteiger partial charge in [-0.2, -0.15) is 0 Å². The first-order valence-electron chi connectivity index (χ1n) is 10.4. The molecule has 0 aromatic heterocycles. The normalized spacial score (nSPS) is 13.9. The molecule has 0 radical (unpaired) electrons. The van der Waals surface area contributed by atoms with Crippen LogP contribution in [0, 0.1) is 5.82 Å². The Hall–Kier alpha value is -4.46. The first-order chi connectivity index (χ1) is 16.5. The van der Waals surface area contributed by atoms with Crippen molar-refractivity contribution < 1.29 is 32.9 Å². The van der Waals surface area contributed by atoms with E-state index < -0.39 is 17.8 Å². The summed E-state index contributed by atoms with van der Waals surface area (Å²) in [7, 11) is 1.40. The molecule has 0 fully saturated rings. The first kappa shape index (κ1) is 22.7. The molecule has 3 aromatic rings. The summed E-state index contributed by atoms with van der Waals surface area (Å²) in [5.74, 6) is -0.929. The lowest BCUT2D eigenvalue weighted by Gasteiger charge is -2.10. The SMILES string of the molecule is CCOc1ccc(C2=N/C(=C\c3ccc(OC(=O)c4ccccc4F)c(OC)c3)C(=O)O2)cc1. The van der Waals surface area contributed by atoms with Crippen LogP contribution in [0.4, 0.5) is 4.39 Å². The van der Waals surface area contributed by atoms with E-state index in [1.807, 2.05) is 6.92 Å². The summed E-state index contributed by atoms with van der Waals surface area (Å²) in [6.07, 6.45) is 1.52. The summed E-state index contributed by atoms with van der Waals surface area (Å²) in [4.78, 5) is 28.9. The zero-order valence-electron chi connectivity index (χ0n) is 18.4. The molecule has 4 rings (SSSR count). The summed E-state index contributed by atoms with van der Waals surface area (Å²) >= 11 is 0. The number of cyclic esters (lactones) is 1. The summed E-state index contributed by atoms with van der Waals surface area (Å²) in [6.45, 7) is 2.44. The summed E-state index contributed by atoms with van der Waals surface area (Å²) in [5.41, 5.74) is 1.10. The van der Waals surface area contributed by atoms with Gasteiger partial charge in [0.1, 0.15) is 11.6 Å². The van der Waals surface area contributed by atoms with Gasteiger partial charge in [0.05, 0.1) is 19.3 Å². The van der Waals surface area contributed by atoms with Crippen molar-refractivity contribution in [2.45, 2.75) is 6.92 Å². The maximum Gasteiger partial charge on any atom is 0.363 e. The third-order valence-electron chi connectivity index (χ3n) is 4.82. The van der Waals surface area contributed by atoms with Gasteiger partial charge in [-0.25, -0.2) is 19.0 Å². The fourth-order valence-electron chi connectivity index (χ4n) is 3.19. The number of hydrogen-bond acceptors (Lipinski definition) is 7. The van der Waals surface area contributed by atoms with Gasteiger partial charge in [0, 0.05) is 5.56 Å². The second-order valence-corrected chi connectivity index (χ2v) is 7.07. The van der Waals surface area contributed by atoms with Crippen LogP contribution in [-0.4, -0.2) is 31.6 Å².